The average molecular weight is 1110 g/mol. The molecule has 2 aliphatic carbocycles. The molecule has 412 valence electrons. The monoisotopic (exact) mass is 1110 g/mol. The van der Waals surface area contributed by atoms with Crippen LogP contribution in [0.5, 0.6) is 0 Å². The predicted molar refractivity (Wildman–Crippen MR) is 373 cm³/mol. The Labute approximate surface area is 509 Å². The maximum Gasteiger partial charge on any atom is 0.0159 e. The highest BCUT2D eigenvalue weighted by molar-refractivity contribution is 6.30. The van der Waals surface area contributed by atoms with Gasteiger partial charge in [-0.2, -0.15) is 0 Å². The fourth-order valence-corrected chi connectivity index (χ4v) is 16.3. The zero-order valence-corrected chi connectivity index (χ0v) is 50.3. The number of aryl methyl sites for hydroxylation is 3. The normalized spacial score (nSPS) is 13.6. The molecular weight excluding hydrogens is 1040 g/mol. The van der Waals surface area contributed by atoms with Gasteiger partial charge in [-0.15, -0.1) is 0 Å². The smallest absolute Gasteiger partial charge is 0.0159 e. The van der Waals surface area contributed by atoms with Crippen LogP contribution in [0.25, 0.3) is 154 Å². The van der Waals surface area contributed by atoms with Crippen LogP contribution in [0.15, 0.2) is 261 Å². The number of benzene rings is 15. The average Bonchev–Trinajstić information content (AvgIpc) is 1.54. The molecule has 0 saturated heterocycles. The molecule has 0 nitrogen and oxygen atoms in total. The Kier molecular flexibility index (Phi) is 11.2. The van der Waals surface area contributed by atoms with Gasteiger partial charge in [0.1, 0.15) is 0 Å². The number of hydrogen-bond donors (Lipinski definition) is 0. The molecule has 15 aromatic carbocycles. The summed E-state index contributed by atoms with van der Waals surface area (Å²) in [6.45, 7) is 16.6. The Balaban J connectivity index is 0.759. The highest BCUT2D eigenvalue weighted by Crippen LogP contribution is 2.57. The van der Waals surface area contributed by atoms with Crippen molar-refractivity contribution in [2.45, 2.75) is 59.3 Å². The molecule has 0 amide bonds. The van der Waals surface area contributed by atoms with Gasteiger partial charge < -0.3 is 0 Å². The van der Waals surface area contributed by atoms with E-state index in [4.69, 9.17) is 0 Å². The molecule has 0 aliphatic heterocycles. The van der Waals surface area contributed by atoms with E-state index in [0.717, 1.165) is 0 Å². The lowest BCUT2D eigenvalue weighted by atomic mass is 9.78. The summed E-state index contributed by atoms with van der Waals surface area (Å²) in [5.41, 5.74) is 29.6. The molecule has 0 atom stereocenters. The van der Waals surface area contributed by atoms with Crippen LogP contribution >= 0.6 is 0 Å². The Morgan fingerprint density at radius 2 is 0.448 bits per heavy atom. The Morgan fingerprint density at radius 1 is 0.195 bits per heavy atom. The van der Waals surface area contributed by atoms with E-state index in [1.165, 1.54) is 193 Å². The highest BCUT2D eigenvalue weighted by atomic mass is 14.4. The van der Waals surface area contributed by atoms with Gasteiger partial charge in [0.15, 0.2) is 0 Å². The molecule has 2 aliphatic rings. The standard InChI is InChI=1S/C87H64/c1-51-23-21-37-71-77(51)82(55-28-12-9-13-29-55)70-36-20-24-52(2)78(70)83(71)59-42-46-63-61-44-40-57(48-74(61)87(6,7)76(63)50-59)56-39-43-60-62-45-41-58(49-75(62)86(4,5)73(60)47-56)80-64-30-14-17-33-67(64)84(68-34-18-15-31-65(68)80)85-69-35-19-16-32-66(69)81(54-26-10-8-11-27-54)79-53(3)25-22-38-72(79)85/h8-50H,1-7H3. The molecule has 0 radical (unpaired) electrons. The van der Waals surface area contributed by atoms with E-state index in [1.54, 1.807) is 0 Å². The molecule has 0 bridgehead atoms. The largest absolute Gasteiger partial charge is 0.0622 e. The number of fused-ring (bicyclic) bond motifs is 12. The van der Waals surface area contributed by atoms with Gasteiger partial charge in [0, 0.05) is 10.8 Å². The molecule has 17 rings (SSSR count). The molecule has 0 spiro atoms. The third kappa shape index (κ3) is 7.38. The number of hydrogen-bond acceptors (Lipinski definition) is 0. The lowest BCUT2D eigenvalue weighted by Gasteiger charge is -2.25. The van der Waals surface area contributed by atoms with E-state index < -0.39 is 0 Å². The summed E-state index contributed by atoms with van der Waals surface area (Å²) >= 11 is 0. The van der Waals surface area contributed by atoms with Gasteiger partial charge in [-0.25, -0.2) is 0 Å². The molecular formula is C87H64. The van der Waals surface area contributed by atoms with E-state index >= 15 is 0 Å². The molecule has 0 heteroatoms. The Hall–Kier alpha value is -10.1. The van der Waals surface area contributed by atoms with Crippen LogP contribution in [0.1, 0.15) is 66.6 Å². The minimum absolute atomic E-state index is 0.222. The van der Waals surface area contributed by atoms with Crippen molar-refractivity contribution in [3.8, 4) is 89.0 Å². The molecule has 15 aromatic rings. The van der Waals surface area contributed by atoms with Crippen molar-refractivity contribution in [3.63, 3.8) is 0 Å². The quantitative estimate of drug-likeness (QED) is 0.146. The van der Waals surface area contributed by atoms with Crippen LogP contribution in [0.2, 0.25) is 0 Å². The van der Waals surface area contributed by atoms with Gasteiger partial charge in [-0.1, -0.05) is 264 Å². The fourth-order valence-electron chi connectivity index (χ4n) is 16.3. The molecule has 0 unspecified atom stereocenters. The molecule has 87 heavy (non-hydrogen) atoms. The summed E-state index contributed by atoms with van der Waals surface area (Å²) in [4.78, 5) is 0. The van der Waals surface area contributed by atoms with Gasteiger partial charge in [-0.3, -0.25) is 0 Å². The van der Waals surface area contributed by atoms with Gasteiger partial charge in [0.2, 0.25) is 0 Å². The maximum atomic E-state index is 2.53. The maximum absolute atomic E-state index is 2.53. The van der Waals surface area contributed by atoms with Crippen molar-refractivity contribution in [1.82, 2.24) is 0 Å². The van der Waals surface area contributed by atoms with Crippen LogP contribution in [0.4, 0.5) is 0 Å². The summed E-state index contributed by atoms with van der Waals surface area (Å²) in [6, 6.07) is 99.2. The van der Waals surface area contributed by atoms with Crippen molar-refractivity contribution < 1.29 is 0 Å². The van der Waals surface area contributed by atoms with E-state index in [2.05, 4.69) is 309 Å². The molecule has 0 fully saturated rings. The van der Waals surface area contributed by atoms with Crippen LogP contribution in [-0.4, -0.2) is 0 Å². The molecule has 0 saturated carbocycles. The highest BCUT2D eigenvalue weighted by Gasteiger charge is 2.39. The molecule has 0 N–H and O–H groups in total. The van der Waals surface area contributed by atoms with Gasteiger partial charge in [0.25, 0.3) is 0 Å². The summed E-state index contributed by atoms with van der Waals surface area (Å²) < 4.78 is 0. The van der Waals surface area contributed by atoms with Crippen LogP contribution in [0, 0.1) is 20.8 Å². The van der Waals surface area contributed by atoms with Gasteiger partial charge >= 0.3 is 0 Å². The predicted octanol–water partition coefficient (Wildman–Crippen LogP) is 24.1. The Morgan fingerprint density at radius 3 is 0.828 bits per heavy atom. The summed E-state index contributed by atoms with van der Waals surface area (Å²) in [5, 5.41) is 15.5. The van der Waals surface area contributed by atoms with Crippen LogP contribution in [-0.2, 0) is 10.8 Å². The first-order valence-corrected chi connectivity index (χ1v) is 31.0. The van der Waals surface area contributed by atoms with Crippen molar-refractivity contribution in [3.05, 3.63) is 300 Å². The minimum Gasteiger partial charge on any atom is -0.0622 e. The fraction of sp³-hybridized carbons (Fsp3) is 0.103. The number of rotatable bonds is 6. The lowest BCUT2D eigenvalue weighted by Crippen LogP contribution is -2.15. The first-order chi connectivity index (χ1) is 42.5. The van der Waals surface area contributed by atoms with Gasteiger partial charge in [-0.05, 0) is 238 Å². The van der Waals surface area contributed by atoms with Crippen molar-refractivity contribution >= 4 is 64.6 Å². The molecule has 0 aromatic heterocycles. The summed E-state index contributed by atoms with van der Waals surface area (Å²) in [6.07, 6.45) is 0. The first-order valence-electron chi connectivity index (χ1n) is 31.0. The SMILES string of the molecule is Cc1cccc2c(-c3c4ccccc4c(-c4ccc5c(c4)C(C)(C)c4cc(-c6ccc7c(c6)C(C)(C)c6cc(-c8c9cccc(C)c9c(-c9ccccc9)c9cccc(C)c89)ccc6-7)ccc4-5)c4ccccc34)c3ccccc3c(-c3ccccc3)c12. The zero-order chi connectivity index (χ0) is 58.6. The Bertz CT molecular complexity index is 5400. The topological polar surface area (TPSA) is 0 Å². The second-order valence-corrected chi connectivity index (χ2v) is 25.9. The van der Waals surface area contributed by atoms with Crippen molar-refractivity contribution in [1.29, 1.82) is 0 Å². The minimum atomic E-state index is -0.244. The zero-order valence-electron chi connectivity index (χ0n) is 50.3. The molecule has 0 heterocycles. The van der Waals surface area contributed by atoms with Crippen LogP contribution in [0.3, 0.4) is 0 Å². The van der Waals surface area contributed by atoms with E-state index in [0.29, 0.717) is 0 Å². The third-order valence-electron chi connectivity index (χ3n) is 20.4. The van der Waals surface area contributed by atoms with Crippen LogP contribution < -0.4 is 0 Å². The van der Waals surface area contributed by atoms with Gasteiger partial charge in [0.05, 0.1) is 0 Å². The van der Waals surface area contributed by atoms with E-state index in [-0.39, 0.29) is 10.8 Å². The van der Waals surface area contributed by atoms with E-state index in [1.807, 2.05) is 0 Å². The van der Waals surface area contributed by atoms with E-state index in [9.17, 15) is 0 Å². The van der Waals surface area contributed by atoms with Crippen molar-refractivity contribution in [2.75, 3.05) is 0 Å². The summed E-state index contributed by atoms with van der Waals surface area (Å²) in [7, 11) is 0. The second kappa shape index (κ2) is 18.9. The lowest BCUT2D eigenvalue weighted by molar-refractivity contribution is 0.660. The summed E-state index contributed by atoms with van der Waals surface area (Å²) in [5.74, 6) is 0. The second-order valence-electron chi connectivity index (χ2n) is 25.9. The third-order valence-corrected chi connectivity index (χ3v) is 20.4. The van der Waals surface area contributed by atoms with Crippen molar-refractivity contribution in [2.24, 2.45) is 0 Å². The first kappa shape index (κ1) is 51.3.